The summed E-state index contributed by atoms with van der Waals surface area (Å²) in [5.41, 5.74) is 2.49. The summed E-state index contributed by atoms with van der Waals surface area (Å²) in [7, 11) is 0. The van der Waals surface area contributed by atoms with Crippen LogP contribution in [0.25, 0.3) is 10.9 Å². The van der Waals surface area contributed by atoms with Gasteiger partial charge in [0.15, 0.2) is 5.69 Å². The van der Waals surface area contributed by atoms with Crippen molar-refractivity contribution in [2.45, 2.75) is 13.3 Å². The van der Waals surface area contributed by atoms with Gasteiger partial charge in [-0.2, -0.15) is 5.10 Å². The van der Waals surface area contributed by atoms with Crippen molar-refractivity contribution in [2.24, 2.45) is 0 Å². The number of amides is 1. The van der Waals surface area contributed by atoms with Crippen LogP contribution in [-0.4, -0.2) is 60.4 Å². The number of morpholine rings is 1. The topological polar surface area (TPSA) is 70.2 Å². The van der Waals surface area contributed by atoms with Gasteiger partial charge in [0.1, 0.15) is 0 Å². The molecule has 0 saturated carbocycles. The molecule has 1 saturated heterocycles. The van der Waals surface area contributed by atoms with E-state index in [0.29, 0.717) is 12.2 Å². The largest absolute Gasteiger partial charge is 0.379 e. The fourth-order valence-electron chi connectivity index (χ4n) is 2.71. The standard InChI is InChI=1S/C16H22N4O2/c1-12-3-4-14-13(11-12)15(19-18-14)16(21)17-5-2-6-20-7-9-22-10-8-20/h3-4,11H,2,5-10H2,1H3,(H,17,21)(H,18,19). The lowest BCUT2D eigenvalue weighted by Gasteiger charge is -2.26. The van der Waals surface area contributed by atoms with Crippen molar-refractivity contribution in [1.82, 2.24) is 20.4 Å². The van der Waals surface area contributed by atoms with Crippen molar-refractivity contribution in [1.29, 1.82) is 0 Å². The van der Waals surface area contributed by atoms with Crippen LogP contribution in [0.15, 0.2) is 18.2 Å². The van der Waals surface area contributed by atoms with Crippen LogP contribution in [0.3, 0.4) is 0 Å². The Morgan fingerprint density at radius 1 is 1.41 bits per heavy atom. The van der Waals surface area contributed by atoms with Crippen LogP contribution in [-0.2, 0) is 4.74 Å². The molecule has 1 aromatic heterocycles. The predicted molar refractivity (Wildman–Crippen MR) is 85.0 cm³/mol. The van der Waals surface area contributed by atoms with E-state index in [1.807, 2.05) is 25.1 Å². The average molecular weight is 302 g/mol. The van der Waals surface area contributed by atoms with Gasteiger partial charge in [-0.25, -0.2) is 0 Å². The molecule has 2 heterocycles. The summed E-state index contributed by atoms with van der Waals surface area (Å²) in [5, 5.41) is 10.9. The van der Waals surface area contributed by atoms with Crippen molar-refractivity contribution in [2.75, 3.05) is 39.4 Å². The molecule has 2 N–H and O–H groups in total. The molecule has 1 aliphatic heterocycles. The third kappa shape index (κ3) is 3.45. The number of aryl methyl sites for hydroxylation is 1. The Morgan fingerprint density at radius 3 is 3.05 bits per heavy atom. The maximum atomic E-state index is 12.3. The number of nitrogens with zero attached hydrogens (tertiary/aromatic N) is 2. The first-order chi connectivity index (χ1) is 10.7. The minimum atomic E-state index is -0.112. The van der Waals surface area contributed by atoms with Gasteiger partial charge in [-0.1, -0.05) is 11.6 Å². The van der Waals surface area contributed by atoms with Gasteiger partial charge in [0, 0.05) is 25.0 Å². The molecule has 0 aliphatic carbocycles. The number of hydrogen-bond acceptors (Lipinski definition) is 4. The first-order valence-electron chi connectivity index (χ1n) is 7.77. The Balaban J connectivity index is 1.51. The highest BCUT2D eigenvalue weighted by Crippen LogP contribution is 2.17. The number of H-pyrrole nitrogens is 1. The molecule has 0 unspecified atom stereocenters. The number of benzene rings is 1. The summed E-state index contributed by atoms with van der Waals surface area (Å²) in [4.78, 5) is 14.6. The molecule has 1 aliphatic rings. The molecule has 118 valence electrons. The van der Waals surface area contributed by atoms with Crippen molar-refractivity contribution in [3.8, 4) is 0 Å². The van der Waals surface area contributed by atoms with Gasteiger partial charge >= 0.3 is 0 Å². The molecule has 6 nitrogen and oxygen atoms in total. The van der Waals surface area contributed by atoms with Gasteiger partial charge in [-0.3, -0.25) is 14.8 Å². The average Bonchev–Trinajstić information content (AvgIpc) is 2.95. The zero-order valence-corrected chi connectivity index (χ0v) is 12.9. The number of nitrogens with one attached hydrogen (secondary N) is 2. The van der Waals surface area contributed by atoms with Gasteiger partial charge in [-0.05, 0) is 32.0 Å². The van der Waals surface area contributed by atoms with Crippen molar-refractivity contribution >= 4 is 16.8 Å². The van der Waals surface area contributed by atoms with Crippen LogP contribution in [0, 0.1) is 6.92 Å². The smallest absolute Gasteiger partial charge is 0.272 e. The third-order valence-corrected chi connectivity index (χ3v) is 3.97. The van der Waals surface area contributed by atoms with Crippen molar-refractivity contribution < 1.29 is 9.53 Å². The predicted octanol–water partition coefficient (Wildman–Crippen LogP) is 1.32. The summed E-state index contributed by atoms with van der Waals surface area (Å²) in [6.45, 7) is 7.25. The molecular weight excluding hydrogens is 280 g/mol. The van der Waals surface area contributed by atoms with Crippen molar-refractivity contribution in [3.05, 3.63) is 29.5 Å². The van der Waals surface area contributed by atoms with Gasteiger partial charge in [0.05, 0.1) is 18.7 Å². The van der Waals surface area contributed by atoms with E-state index in [2.05, 4.69) is 20.4 Å². The lowest BCUT2D eigenvalue weighted by atomic mass is 10.1. The van der Waals surface area contributed by atoms with E-state index in [1.54, 1.807) is 0 Å². The summed E-state index contributed by atoms with van der Waals surface area (Å²) in [6, 6.07) is 5.94. The van der Waals surface area contributed by atoms with Gasteiger partial charge in [0.25, 0.3) is 5.91 Å². The molecule has 2 aromatic rings. The SMILES string of the molecule is Cc1ccc2[nH]nc(C(=O)NCCCN3CCOCC3)c2c1. The van der Waals surface area contributed by atoms with Gasteiger partial charge in [-0.15, -0.1) is 0 Å². The van der Waals surface area contributed by atoms with Crippen LogP contribution < -0.4 is 5.32 Å². The molecule has 1 aromatic carbocycles. The molecule has 0 spiro atoms. The molecule has 0 bridgehead atoms. The zero-order chi connectivity index (χ0) is 15.4. The quantitative estimate of drug-likeness (QED) is 0.817. The van der Waals surface area contributed by atoms with Crippen LogP contribution in [0.5, 0.6) is 0 Å². The summed E-state index contributed by atoms with van der Waals surface area (Å²) >= 11 is 0. The van der Waals surface area contributed by atoms with E-state index in [-0.39, 0.29) is 5.91 Å². The fraction of sp³-hybridized carbons (Fsp3) is 0.500. The lowest BCUT2D eigenvalue weighted by Crippen LogP contribution is -2.38. The van der Waals surface area contributed by atoms with Crippen LogP contribution in [0.2, 0.25) is 0 Å². The minimum absolute atomic E-state index is 0.112. The molecule has 0 radical (unpaired) electrons. The number of rotatable bonds is 5. The molecule has 6 heteroatoms. The molecule has 22 heavy (non-hydrogen) atoms. The first-order valence-corrected chi connectivity index (χ1v) is 7.77. The first kappa shape index (κ1) is 15.0. The van der Waals surface area contributed by atoms with E-state index in [1.165, 1.54) is 0 Å². The maximum Gasteiger partial charge on any atom is 0.272 e. The highest BCUT2D eigenvalue weighted by atomic mass is 16.5. The Bertz CT molecular complexity index is 647. The number of fused-ring (bicyclic) bond motifs is 1. The van der Waals surface area contributed by atoms with E-state index in [9.17, 15) is 4.79 Å². The normalized spacial score (nSPS) is 16.0. The second kappa shape index (κ2) is 6.89. The van der Waals surface area contributed by atoms with Crippen LogP contribution >= 0.6 is 0 Å². The van der Waals surface area contributed by atoms with Gasteiger partial charge < -0.3 is 10.1 Å². The molecule has 1 fully saturated rings. The van der Waals surface area contributed by atoms with E-state index < -0.39 is 0 Å². The lowest BCUT2D eigenvalue weighted by molar-refractivity contribution is 0.0374. The summed E-state index contributed by atoms with van der Waals surface area (Å²) in [6.07, 6.45) is 0.938. The molecule has 0 atom stereocenters. The Hall–Kier alpha value is -1.92. The minimum Gasteiger partial charge on any atom is -0.379 e. The number of aromatic amines is 1. The van der Waals surface area contributed by atoms with Gasteiger partial charge in [0.2, 0.25) is 0 Å². The zero-order valence-electron chi connectivity index (χ0n) is 12.9. The highest BCUT2D eigenvalue weighted by Gasteiger charge is 2.14. The van der Waals surface area contributed by atoms with Crippen LogP contribution in [0.4, 0.5) is 0 Å². The number of ether oxygens (including phenoxy) is 1. The third-order valence-electron chi connectivity index (χ3n) is 3.97. The highest BCUT2D eigenvalue weighted by molar-refractivity contribution is 6.04. The second-order valence-corrected chi connectivity index (χ2v) is 5.68. The number of carbonyl (C=O) groups is 1. The monoisotopic (exact) mass is 302 g/mol. The Morgan fingerprint density at radius 2 is 2.23 bits per heavy atom. The number of hydrogen-bond donors (Lipinski definition) is 2. The van der Waals surface area contributed by atoms with E-state index >= 15 is 0 Å². The van der Waals surface area contributed by atoms with E-state index in [0.717, 1.165) is 55.7 Å². The fourth-order valence-corrected chi connectivity index (χ4v) is 2.71. The number of carbonyl (C=O) groups excluding carboxylic acids is 1. The Kier molecular flexibility index (Phi) is 4.70. The van der Waals surface area contributed by atoms with Crippen LogP contribution in [0.1, 0.15) is 22.5 Å². The maximum absolute atomic E-state index is 12.3. The molecular formula is C16H22N4O2. The number of aromatic nitrogens is 2. The molecule has 1 amide bonds. The van der Waals surface area contributed by atoms with Crippen molar-refractivity contribution in [3.63, 3.8) is 0 Å². The second-order valence-electron chi connectivity index (χ2n) is 5.68. The summed E-state index contributed by atoms with van der Waals surface area (Å²) < 4.78 is 5.32. The van der Waals surface area contributed by atoms with E-state index in [4.69, 9.17) is 4.74 Å². The Labute approximate surface area is 129 Å². The molecule has 3 rings (SSSR count). The summed E-state index contributed by atoms with van der Waals surface area (Å²) in [5.74, 6) is -0.112.